The molecular formula is C31H43NO6Si. The Morgan fingerprint density at radius 3 is 2.10 bits per heavy atom. The molecule has 0 aromatic heterocycles. The molecule has 39 heavy (non-hydrogen) atoms. The van der Waals surface area contributed by atoms with E-state index in [0.717, 1.165) is 16.9 Å². The molecule has 0 radical (unpaired) electrons. The van der Waals surface area contributed by atoms with Crippen LogP contribution in [-0.2, 0) is 36.8 Å². The third kappa shape index (κ3) is 7.72. The molecule has 0 saturated carbocycles. The Morgan fingerprint density at radius 2 is 1.54 bits per heavy atom. The molecular weight excluding hydrogens is 510 g/mol. The fourth-order valence-corrected chi connectivity index (χ4v) is 10.9. The molecule has 1 aliphatic rings. The fraction of sp³-hybridized carbons (Fsp3) is 0.516. The van der Waals surface area contributed by atoms with Crippen molar-refractivity contribution in [1.29, 1.82) is 0 Å². The number of carbonyl (C=O) groups is 2. The lowest BCUT2D eigenvalue weighted by Crippen LogP contribution is -2.50. The summed E-state index contributed by atoms with van der Waals surface area (Å²) in [4.78, 5) is 29.3. The van der Waals surface area contributed by atoms with E-state index in [1.807, 2.05) is 54.6 Å². The number of rotatable bonds is 13. The molecule has 1 heterocycles. The number of aliphatic imine (C=N–C) groups is 1. The van der Waals surface area contributed by atoms with Crippen LogP contribution in [0.2, 0.25) is 16.6 Å². The van der Waals surface area contributed by atoms with E-state index in [-0.39, 0.29) is 31.5 Å². The zero-order valence-corrected chi connectivity index (χ0v) is 25.3. The average Bonchev–Trinajstić information content (AvgIpc) is 3.41. The van der Waals surface area contributed by atoms with Gasteiger partial charge >= 0.3 is 11.9 Å². The molecule has 7 nitrogen and oxygen atoms in total. The first-order valence-electron chi connectivity index (χ1n) is 13.8. The van der Waals surface area contributed by atoms with Crippen LogP contribution in [0.5, 0.6) is 5.75 Å². The Bertz CT molecular complexity index is 1090. The van der Waals surface area contributed by atoms with Crippen LogP contribution in [0.15, 0.2) is 59.6 Å². The topological polar surface area (TPSA) is 83.4 Å². The predicted octanol–water partition coefficient (Wildman–Crippen LogP) is 6.50. The number of ether oxygens (including phenoxy) is 3. The summed E-state index contributed by atoms with van der Waals surface area (Å²) in [5.41, 5.74) is 3.35. The van der Waals surface area contributed by atoms with E-state index in [2.05, 4.69) is 46.5 Å². The molecule has 1 aliphatic heterocycles. The van der Waals surface area contributed by atoms with E-state index in [1.165, 1.54) is 7.11 Å². The van der Waals surface area contributed by atoms with Gasteiger partial charge in [0.15, 0.2) is 11.9 Å². The smallest absolute Gasteiger partial charge is 0.334 e. The molecule has 0 saturated heterocycles. The maximum atomic E-state index is 12.6. The van der Waals surface area contributed by atoms with Gasteiger partial charge in [0.1, 0.15) is 19.0 Å². The van der Waals surface area contributed by atoms with Crippen LogP contribution in [0.3, 0.4) is 0 Å². The van der Waals surface area contributed by atoms with Crippen molar-refractivity contribution >= 4 is 26.2 Å². The van der Waals surface area contributed by atoms with Gasteiger partial charge in [-0.25, -0.2) is 9.79 Å². The maximum absolute atomic E-state index is 12.6. The maximum Gasteiger partial charge on any atom is 0.334 e. The molecule has 0 aliphatic carbocycles. The van der Waals surface area contributed by atoms with E-state index >= 15 is 0 Å². The third-order valence-corrected chi connectivity index (χ3v) is 13.6. The molecule has 0 spiro atoms. The fourth-order valence-electron chi connectivity index (χ4n) is 5.63. The first-order valence-corrected chi connectivity index (χ1v) is 16.0. The summed E-state index contributed by atoms with van der Waals surface area (Å²) in [6, 6.07) is 16.8. The van der Waals surface area contributed by atoms with E-state index in [1.54, 1.807) is 0 Å². The first-order chi connectivity index (χ1) is 18.6. The van der Waals surface area contributed by atoms with Crippen LogP contribution in [-0.4, -0.2) is 45.9 Å². The number of methoxy groups -OCH3 is 1. The van der Waals surface area contributed by atoms with Crippen molar-refractivity contribution < 1.29 is 28.2 Å². The average molecular weight is 554 g/mol. The Kier molecular flexibility index (Phi) is 10.7. The Labute approximate surface area is 234 Å². The minimum atomic E-state index is -2.06. The van der Waals surface area contributed by atoms with Crippen LogP contribution < -0.4 is 4.43 Å². The number of nitrogens with zero attached hydrogens (tertiary/aromatic N) is 1. The summed E-state index contributed by atoms with van der Waals surface area (Å²) < 4.78 is 23.0. The Hall–Kier alpha value is -3.13. The molecule has 0 N–H and O–H groups in total. The SMILES string of the molecule is COC(=O)CC(Cc1ccc(O[Si](C(C)C)(C(C)C)C(C)C)cc1)C1=NC(C(=O)OCc2ccccc2)CO1. The van der Waals surface area contributed by atoms with E-state index in [4.69, 9.17) is 18.6 Å². The third-order valence-electron chi connectivity index (χ3n) is 7.57. The second-order valence-electron chi connectivity index (χ2n) is 11.1. The number of carbonyl (C=O) groups excluding carboxylic acids is 2. The second kappa shape index (κ2) is 13.8. The minimum Gasteiger partial charge on any atom is -0.543 e. The summed E-state index contributed by atoms with van der Waals surface area (Å²) >= 11 is 0. The molecule has 212 valence electrons. The summed E-state index contributed by atoms with van der Waals surface area (Å²) in [5, 5.41) is 0. The predicted molar refractivity (Wildman–Crippen MR) is 155 cm³/mol. The highest BCUT2D eigenvalue weighted by Crippen LogP contribution is 2.42. The zero-order valence-electron chi connectivity index (χ0n) is 24.3. The van der Waals surface area contributed by atoms with Crippen molar-refractivity contribution in [3.63, 3.8) is 0 Å². The molecule has 8 heteroatoms. The highest BCUT2D eigenvalue weighted by Gasteiger charge is 2.47. The molecule has 0 fully saturated rings. The van der Waals surface area contributed by atoms with E-state index < -0.39 is 20.3 Å². The molecule has 0 bridgehead atoms. The molecule has 2 unspecified atom stereocenters. The summed E-state index contributed by atoms with van der Waals surface area (Å²) in [5.74, 6) is 0.102. The minimum absolute atomic E-state index is 0.0969. The summed E-state index contributed by atoms with van der Waals surface area (Å²) in [7, 11) is -0.695. The Morgan fingerprint density at radius 1 is 0.923 bits per heavy atom. The standard InChI is InChI=1S/C31H43NO6Si/c1-21(2)39(22(3)4,23(5)6)38-27-15-13-24(14-16-27)17-26(18-29(33)35-7)30-32-28(20-36-30)31(34)37-19-25-11-9-8-10-12-25/h8-16,21-23,26,28H,17-20H2,1-7H3. The molecule has 2 aromatic carbocycles. The van der Waals surface area contributed by atoms with E-state index in [0.29, 0.717) is 28.9 Å². The van der Waals surface area contributed by atoms with Crippen LogP contribution in [0.1, 0.15) is 59.1 Å². The molecule has 3 rings (SSSR count). The van der Waals surface area contributed by atoms with Gasteiger partial charge in [-0.3, -0.25) is 4.79 Å². The van der Waals surface area contributed by atoms with Gasteiger partial charge in [-0.05, 0) is 46.3 Å². The van der Waals surface area contributed by atoms with Crippen molar-refractivity contribution in [2.75, 3.05) is 13.7 Å². The lowest BCUT2D eigenvalue weighted by molar-refractivity contribution is -0.146. The summed E-state index contributed by atoms with van der Waals surface area (Å²) in [6.07, 6.45) is 0.616. The van der Waals surface area contributed by atoms with Crippen molar-refractivity contribution in [2.24, 2.45) is 10.9 Å². The summed E-state index contributed by atoms with van der Waals surface area (Å²) in [6.45, 7) is 13.9. The normalized spacial score (nSPS) is 16.2. The van der Waals surface area contributed by atoms with Crippen LogP contribution >= 0.6 is 0 Å². The van der Waals surface area contributed by atoms with Gasteiger partial charge in [-0.1, -0.05) is 84.0 Å². The lowest BCUT2D eigenvalue weighted by Gasteiger charge is -2.42. The lowest BCUT2D eigenvalue weighted by atomic mass is 9.96. The van der Waals surface area contributed by atoms with Crippen LogP contribution in [0.25, 0.3) is 0 Å². The van der Waals surface area contributed by atoms with Crippen LogP contribution in [0, 0.1) is 5.92 Å². The van der Waals surface area contributed by atoms with Crippen LogP contribution in [0.4, 0.5) is 0 Å². The van der Waals surface area contributed by atoms with Crippen molar-refractivity contribution in [1.82, 2.24) is 0 Å². The number of esters is 2. The first kappa shape index (κ1) is 30.4. The van der Waals surface area contributed by atoms with Gasteiger partial charge in [-0.2, -0.15) is 0 Å². The second-order valence-corrected chi connectivity index (χ2v) is 16.5. The van der Waals surface area contributed by atoms with Crippen molar-refractivity contribution in [2.45, 2.75) is 83.7 Å². The number of benzene rings is 2. The number of hydrogen-bond acceptors (Lipinski definition) is 7. The highest BCUT2D eigenvalue weighted by molar-refractivity contribution is 6.78. The highest BCUT2D eigenvalue weighted by atomic mass is 28.4. The van der Waals surface area contributed by atoms with E-state index in [9.17, 15) is 9.59 Å². The molecule has 2 atom stereocenters. The van der Waals surface area contributed by atoms with Gasteiger partial charge in [0.05, 0.1) is 13.5 Å². The monoisotopic (exact) mass is 553 g/mol. The number of hydrogen-bond donors (Lipinski definition) is 0. The molecule has 2 aromatic rings. The zero-order chi connectivity index (χ0) is 28.6. The van der Waals surface area contributed by atoms with Gasteiger partial charge in [0, 0.05) is 5.92 Å². The Balaban J connectivity index is 1.71. The van der Waals surface area contributed by atoms with Crippen molar-refractivity contribution in [3.05, 3.63) is 65.7 Å². The van der Waals surface area contributed by atoms with Gasteiger partial charge in [0.2, 0.25) is 0 Å². The largest absolute Gasteiger partial charge is 0.543 e. The molecule has 0 amide bonds. The van der Waals surface area contributed by atoms with Crippen molar-refractivity contribution in [3.8, 4) is 5.75 Å². The van der Waals surface area contributed by atoms with Gasteiger partial charge < -0.3 is 18.6 Å². The quantitative estimate of drug-likeness (QED) is 0.208. The van der Waals surface area contributed by atoms with Gasteiger partial charge in [-0.15, -0.1) is 0 Å². The van der Waals surface area contributed by atoms with Gasteiger partial charge in [0.25, 0.3) is 8.32 Å².